The zero-order chi connectivity index (χ0) is 8.27. The van der Waals surface area contributed by atoms with Gasteiger partial charge in [-0.05, 0) is 6.92 Å². The lowest BCUT2D eigenvalue weighted by Crippen LogP contribution is -2.15. The Morgan fingerprint density at radius 3 is 2.18 bits per heavy atom. The lowest BCUT2D eigenvalue weighted by molar-refractivity contribution is 1.07. The highest BCUT2D eigenvalue weighted by Crippen LogP contribution is 1.98. The fraction of sp³-hybridized carbons (Fsp3) is 0.400. The molecule has 1 aromatic rings. The number of aryl methyl sites for hydroxylation is 1. The van der Waals surface area contributed by atoms with E-state index in [1.807, 2.05) is 0 Å². The smallest absolute Gasteiger partial charge is 0.124 e. The van der Waals surface area contributed by atoms with Crippen LogP contribution in [0.2, 0.25) is 4.78 Å². The molecule has 0 heterocycles. The van der Waals surface area contributed by atoms with Crippen LogP contribution in [0.25, 0.3) is 0 Å². The van der Waals surface area contributed by atoms with E-state index in [9.17, 15) is 0 Å². The van der Waals surface area contributed by atoms with E-state index in [1.165, 1.54) is 9.99 Å². The van der Waals surface area contributed by atoms with Gasteiger partial charge in [-0.1, -0.05) is 48.5 Å². The van der Waals surface area contributed by atoms with Gasteiger partial charge < -0.3 is 0 Å². The summed E-state index contributed by atoms with van der Waals surface area (Å²) in [7, 11) is 0. The standard InChI is InChI=1S/C7H7.C3H7.Al.H2/c1-7-5-3-2-4-6-7;1-3-2;;/h3-6H,1H3;3H,1-2H3;;1H. The summed E-state index contributed by atoms with van der Waals surface area (Å²) in [5.74, 6) is 0. The van der Waals surface area contributed by atoms with Crippen molar-refractivity contribution in [2.24, 2.45) is 0 Å². The van der Waals surface area contributed by atoms with Gasteiger partial charge in [-0.3, -0.25) is 0 Å². The van der Waals surface area contributed by atoms with E-state index in [2.05, 4.69) is 45.0 Å². The maximum absolute atomic E-state index is 2.29. The molecule has 1 aromatic carbocycles. The van der Waals surface area contributed by atoms with Crippen molar-refractivity contribution >= 4 is 19.6 Å². The van der Waals surface area contributed by atoms with Gasteiger partial charge >= 0.3 is 0 Å². The molecule has 0 N–H and O–H groups in total. The van der Waals surface area contributed by atoms with Crippen LogP contribution in [0, 0.1) is 6.92 Å². The first-order valence-electron chi connectivity index (χ1n) is 4.10. The summed E-state index contributed by atoms with van der Waals surface area (Å²) in [6.07, 6.45) is 0. The van der Waals surface area contributed by atoms with E-state index in [4.69, 9.17) is 0 Å². The predicted molar refractivity (Wildman–Crippen MR) is 53.8 cm³/mol. The van der Waals surface area contributed by atoms with Crippen LogP contribution >= 0.6 is 0 Å². The lowest BCUT2D eigenvalue weighted by Gasteiger charge is -2.02. The molecule has 0 nitrogen and oxygen atoms in total. The Morgan fingerprint density at radius 1 is 1.18 bits per heavy atom. The molecule has 0 aromatic heterocycles. The molecule has 0 atom stereocenters. The second-order valence-electron chi connectivity index (χ2n) is 3.32. The van der Waals surface area contributed by atoms with E-state index in [-0.39, 0.29) is 1.43 Å². The van der Waals surface area contributed by atoms with Crippen LogP contribution in [0.15, 0.2) is 24.3 Å². The van der Waals surface area contributed by atoms with Crippen molar-refractivity contribution in [3.05, 3.63) is 29.8 Å². The first kappa shape index (κ1) is 8.85. The third-order valence-corrected chi connectivity index (χ3v) is 3.04. The number of benzene rings is 1. The second-order valence-corrected chi connectivity index (χ2v) is 5.65. The van der Waals surface area contributed by atoms with E-state index >= 15 is 0 Å². The van der Waals surface area contributed by atoms with Crippen molar-refractivity contribution in [1.82, 2.24) is 0 Å². The molecule has 0 fully saturated rings. The first-order valence-corrected chi connectivity index (χ1v) is 5.34. The Labute approximate surface area is 76.8 Å². The Kier molecular flexibility index (Phi) is 3.18. The summed E-state index contributed by atoms with van der Waals surface area (Å²) in [5.41, 5.74) is 1.36. The van der Waals surface area contributed by atoms with Gasteiger partial charge in [0.2, 0.25) is 0 Å². The first-order chi connectivity index (χ1) is 5.18. The van der Waals surface area contributed by atoms with Gasteiger partial charge in [0, 0.05) is 1.43 Å². The van der Waals surface area contributed by atoms with Gasteiger partial charge in [0.1, 0.15) is 0 Å². The third kappa shape index (κ3) is 3.10. The number of hydrogen-bond acceptors (Lipinski definition) is 0. The van der Waals surface area contributed by atoms with Gasteiger partial charge in [-0.15, -0.1) is 4.43 Å². The topological polar surface area (TPSA) is 0 Å². The van der Waals surface area contributed by atoms with E-state index < -0.39 is 0 Å². The van der Waals surface area contributed by atoms with Crippen molar-refractivity contribution in [2.45, 2.75) is 25.6 Å². The second kappa shape index (κ2) is 3.95. The molecule has 59 valence electrons. The minimum Gasteiger partial charge on any atom is -0.124 e. The Bertz CT molecular complexity index is 216. The summed E-state index contributed by atoms with van der Waals surface area (Å²) in [5, 5.41) is 0. The zero-order valence-corrected chi connectivity index (χ0v) is 8.62. The average molecular weight is 163 g/mol. The van der Waals surface area contributed by atoms with Crippen LogP contribution in [0.1, 0.15) is 20.8 Å². The molecule has 0 aliphatic carbocycles. The molecule has 0 saturated carbocycles. The Morgan fingerprint density at radius 2 is 1.73 bits per heavy atom. The Balaban J connectivity index is 0.00000121. The molecule has 0 unspecified atom stereocenters. The van der Waals surface area contributed by atoms with Gasteiger partial charge in [0.15, 0.2) is 0 Å². The molecule has 11 heavy (non-hydrogen) atoms. The fourth-order valence-electron chi connectivity index (χ4n) is 1.06. The van der Waals surface area contributed by atoms with Crippen molar-refractivity contribution in [3.8, 4) is 0 Å². The summed E-state index contributed by atoms with van der Waals surface area (Å²) < 4.78 is 2.38. The molecule has 1 radical (unpaired) electrons. The van der Waals surface area contributed by atoms with Gasteiger partial charge in [0.25, 0.3) is 15.2 Å². The monoisotopic (exact) mass is 163 g/mol. The highest BCUT2D eigenvalue weighted by molar-refractivity contribution is 6.54. The summed E-state index contributed by atoms with van der Waals surface area (Å²) in [4.78, 5) is 0. The van der Waals surface area contributed by atoms with Crippen molar-refractivity contribution in [3.63, 3.8) is 0 Å². The van der Waals surface area contributed by atoms with Gasteiger partial charge in [-0.2, -0.15) is 0 Å². The highest BCUT2D eigenvalue weighted by Gasteiger charge is 1.99. The molecule has 1 heteroatoms. The van der Waals surface area contributed by atoms with Gasteiger partial charge in [0.05, 0.1) is 0 Å². The molecule has 0 saturated heterocycles. The zero-order valence-electron chi connectivity index (χ0n) is 7.46. The van der Waals surface area contributed by atoms with E-state index in [1.54, 1.807) is 0 Å². The van der Waals surface area contributed by atoms with Crippen LogP contribution in [0.5, 0.6) is 0 Å². The molecule has 0 bridgehead atoms. The van der Waals surface area contributed by atoms with Crippen LogP contribution in [0.4, 0.5) is 0 Å². The molecule has 0 aliphatic rings. The molecular formula is C10H16Al. The van der Waals surface area contributed by atoms with E-state index in [0.717, 1.165) is 4.78 Å². The molecule has 0 amide bonds. The van der Waals surface area contributed by atoms with Crippen molar-refractivity contribution < 1.29 is 1.43 Å². The van der Waals surface area contributed by atoms with Crippen LogP contribution < -0.4 is 4.43 Å². The minimum absolute atomic E-state index is 0. The van der Waals surface area contributed by atoms with Crippen LogP contribution in [-0.2, 0) is 0 Å². The minimum atomic E-state index is 0. The van der Waals surface area contributed by atoms with Crippen LogP contribution in [0.3, 0.4) is 0 Å². The SMILES string of the molecule is Cc1cc[c]([Al][CH](C)C)cc1.[HH]. The third-order valence-electron chi connectivity index (χ3n) is 1.60. The molecular weight excluding hydrogens is 147 g/mol. The predicted octanol–water partition coefficient (Wildman–Crippen LogP) is 2.40. The largest absolute Gasteiger partial charge is 0.253 e. The maximum atomic E-state index is 2.29. The van der Waals surface area contributed by atoms with Crippen molar-refractivity contribution in [2.75, 3.05) is 0 Å². The Hall–Kier alpha value is -0.248. The highest BCUT2D eigenvalue weighted by atomic mass is 27.1. The average Bonchev–Trinajstić information content (AvgIpc) is 1.93. The van der Waals surface area contributed by atoms with Gasteiger partial charge in [-0.25, -0.2) is 0 Å². The summed E-state index contributed by atoms with van der Waals surface area (Å²) >= 11 is 0.482. The van der Waals surface area contributed by atoms with Crippen LogP contribution in [-0.4, -0.2) is 15.2 Å². The quantitative estimate of drug-likeness (QED) is 0.587. The van der Waals surface area contributed by atoms with E-state index in [0.29, 0.717) is 15.2 Å². The summed E-state index contributed by atoms with van der Waals surface area (Å²) in [6, 6.07) is 8.91. The maximum Gasteiger partial charge on any atom is 0.253 e. The molecule has 0 spiro atoms. The molecule has 0 aliphatic heterocycles. The summed E-state index contributed by atoms with van der Waals surface area (Å²) in [6.45, 7) is 6.71. The lowest BCUT2D eigenvalue weighted by atomic mass is 10.2. The fourth-order valence-corrected chi connectivity index (χ4v) is 2.25. The van der Waals surface area contributed by atoms with Crippen molar-refractivity contribution in [1.29, 1.82) is 0 Å². The number of rotatable bonds is 2. The normalized spacial score (nSPS) is 10.2. The molecule has 1 rings (SSSR count). The number of hydrogen-bond donors (Lipinski definition) is 0.